The molecule has 0 aromatic heterocycles. The first-order valence-corrected chi connectivity index (χ1v) is 3.01. The molecule has 0 atom stereocenters. The molecule has 0 fully saturated rings. The average Bonchev–Trinajstić information content (AvgIpc) is 1.94. The van der Waals surface area contributed by atoms with Gasteiger partial charge in [0.1, 0.15) is 0 Å². The fourth-order valence-corrected chi connectivity index (χ4v) is 0.750. The molecular weight excluding hydrogens is 170 g/mol. The van der Waals surface area contributed by atoms with Crippen LogP contribution in [-0.2, 0) is 6.61 Å². The molecule has 0 radical (unpaired) electrons. The molecule has 1 N–H and O–H groups in total. The van der Waals surface area contributed by atoms with Gasteiger partial charge in [-0.15, -0.1) is 17.7 Å². The molecular formula is C8H8FKO. The Morgan fingerprint density at radius 3 is 2.73 bits per heavy atom. The van der Waals surface area contributed by atoms with E-state index < -0.39 is 0 Å². The number of rotatable bonds is 1. The fraction of sp³-hybridized carbons (Fsp3) is 0.250. The molecule has 0 aliphatic heterocycles. The van der Waals surface area contributed by atoms with Crippen molar-refractivity contribution in [3.8, 4) is 0 Å². The van der Waals surface area contributed by atoms with Crippen molar-refractivity contribution in [2.45, 2.75) is 13.5 Å². The number of halogens is 1. The minimum absolute atomic E-state index is 0. The van der Waals surface area contributed by atoms with Crippen LogP contribution in [0.2, 0.25) is 0 Å². The summed E-state index contributed by atoms with van der Waals surface area (Å²) in [7, 11) is 0. The zero-order chi connectivity index (χ0) is 7.56. The van der Waals surface area contributed by atoms with E-state index >= 15 is 0 Å². The van der Waals surface area contributed by atoms with Crippen LogP contribution < -0.4 is 51.4 Å². The summed E-state index contributed by atoms with van der Waals surface area (Å²) in [6, 6.07) is 5.25. The van der Waals surface area contributed by atoms with E-state index in [0.717, 1.165) is 5.56 Å². The van der Waals surface area contributed by atoms with Gasteiger partial charge in [0.25, 0.3) is 0 Å². The minimum atomic E-state index is -0.352. The monoisotopic (exact) mass is 178 g/mol. The Labute approximate surface area is 108 Å². The molecule has 1 nitrogen and oxygen atoms in total. The van der Waals surface area contributed by atoms with Crippen molar-refractivity contribution in [1.82, 2.24) is 0 Å². The predicted molar refractivity (Wildman–Crippen MR) is 35.9 cm³/mol. The number of benzene rings is 1. The summed E-state index contributed by atoms with van der Waals surface area (Å²) in [5.41, 5.74) is 1.39. The summed E-state index contributed by atoms with van der Waals surface area (Å²) in [4.78, 5) is 0. The van der Waals surface area contributed by atoms with Crippen molar-refractivity contribution in [3.63, 3.8) is 0 Å². The summed E-state index contributed by atoms with van der Waals surface area (Å²) in [5.74, 6) is -0.352. The van der Waals surface area contributed by atoms with Crippen LogP contribution in [0, 0.1) is 18.8 Å². The van der Waals surface area contributed by atoms with Crippen LogP contribution in [0.1, 0.15) is 11.1 Å². The standard InChI is InChI=1S/C8H8FO.K/c1-6-2-3-8(9)4-7(6)5-10;/h3-4,10H,5H2,1H3;/q-1;+1. The molecule has 0 amide bonds. The molecule has 1 aromatic carbocycles. The van der Waals surface area contributed by atoms with E-state index in [9.17, 15) is 4.39 Å². The van der Waals surface area contributed by atoms with Crippen LogP contribution in [0.25, 0.3) is 0 Å². The van der Waals surface area contributed by atoms with Gasteiger partial charge in [0, 0.05) is 12.4 Å². The van der Waals surface area contributed by atoms with Gasteiger partial charge < -0.3 is 5.11 Å². The normalized spacial score (nSPS) is 9.00. The molecule has 0 spiro atoms. The zero-order valence-electron chi connectivity index (χ0n) is 6.69. The summed E-state index contributed by atoms with van der Waals surface area (Å²) in [6.07, 6.45) is 0. The molecule has 0 aliphatic rings. The number of aryl methyl sites for hydroxylation is 1. The SMILES string of the molecule is Cc1[c-]cc(F)cc1CO.[K+]. The van der Waals surface area contributed by atoms with Crippen molar-refractivity contribution >= 4 is 0 Å². The van der Waals surface area contributed by atoms with E-state index in [4.69, 9.17) is 5.11 Å². The third-order valence-electron chi connectivity index (χ3n) is 1.39. The van der Waals surface area contributed by atoms with Gasteiger partial charge in [-0.05, 0) is 0 Å². The van der Waals surface area contributed by atoms with Gasteiger partial charge in [-0.25, -0.2) is 0 Å². The van der Waals surface area contributed by atoms with Gasteiger partial charge in [-0.3, -0.25) is 4.39 Å². The minimum Gasteiger partial charge on any atom is -0.404 e. The largest absolute Gasteiger partial charge is 1.00 e. The van der Waals surface area contributed by atoms with E-state index in [2.05, 4.69) is 6.07 Å². The molecule has 0 bridgehead atoms. The number of hydrogen-bond acceptors (Lipinski definition) is 1. The van der Waals surface area contributed by atoms with Gasteiger partial charge in [-0.2, -0.15) is 11.6 Å². The van der Waals surface area contributed by atoms with Gasteiger partial charge in [0.2, 0.25) is 0 Å². The Kier molecular flexibility index (Phi) is 5.77. The first-order chi connectivity index (χ1) is 4.74. The van der Waals surface area contributed by atoms with Crippen LogP contribution in [0.5, 0.6) is 0 Å². The zero-order valence-corrected chi connectivity index (χ0v) is 9.81. The van der Waals surface area contributed by atoms with Crippen LogP contribution >= 0.6 is 0 Å². The smallest absolute Gasteiger partial charge is 0.404 e. The van der Waals surface area contributed by atoms with Gasteiger partial charge in [-0.1, -0.05) is 6.92 Å². The first kappa shape index (κ1) is 11.7. The Bertz CT molecular complexity index is 238. The second-order valence-electron chi connectivity index (χ2n) is 2.13. The van der Waals surface area contributed by atoms with Crippen molar-refractivity contribution in [1.29, 1.82) is 0 Å². The van der Waals surface area contributed by atoms with Crippen molar-refractivity contribution < 1.29 is 60.9 Å². The number of aliphatic hydroxyl groups excluding tert-OH is 1. The Hall–Kier alpha value is 0.746. The topological polar surface area (TPSA) is 20.2 Å². The van der Waals surface area contributed by atoms with Crippen molar-refractivity contribution in [2.24, 2.45) is 0 Å². The third kappa shape index (κ3) is 3.32. The second-order valence-corrected chi connectivity index (χ2v) is 2.13. The van der Waals surface area contributed by atoms with Gasteiger partial charge in [0.05, 0.1) is 0 Å². The second kappa shape index (κ2) is 5.40. The van der Waals surface area contributed by atoms with Crippen molar-refractivity contribution in [3.05, 3.63) is 35.1 Å². The molecule has 0 saturated carbocycles. The maximum Gasteiger partial charge on any atom is 1.00 e. The molecule has 0 heterocycles. The Morgan fingerprint density at radius 1 is 1.64 bits per heavy atom. The molecule has 0 aliphatic carbocycles. The molecule has 1 rings (SSSR count). The predicted octanol–water partition coefficient (Wildman–Crippen LogP) is -1.57. The molecule has 54 valence electrons. The maximum absolute atomic E-state index is 12.4. The van der Waals surface area contributed by atoms with Crippen LogP contribution in [0.4, 0.5) is 4.39 Å². The maximum atomic E-state index is 12.4. The van der Waals surface area contributed by atoms with Gasteiger partial charge >= 0.3 is 51.4 Å². The van der Waals surface area contributed by atoms with Crippen LogP contribution in [-0.4, -0.2) is 5.11 Å². The number of hydrogen-bond donors (Lipinski definition) is 1. The third-order valence-corrected chi connectivity index (χ3v) is 1.39. The molecule has 0 saturated heterocycles. The van der Waals surface area contributed by atoms with E-state index in [-0.39, 0.29) is 63.8 Å². The van der Waals surface area contributed by atoms with E-state index in [1.165, 1.54) is 12.1 Å². The molecule has 1 aromatic rings. The summed E-state index contributed by atoms with van der Waals surface area (Å²) in [5, 5.41) is 8.66. The van der Waals surface area contributed by atoms with E-state index in [1.54, 1.807) is 6.92 Å². The fourth-order valence-electron chi connectivity index (χ4n) is 0.750. The summed E-state index contributed by atoms with van der Waals surface area (Å²) in [6.45, 7) is 1.66. The van der Waals surface area contributed by atoms with Crippen molar-refractivity contribution in [2.75, 3.05) is 0 Å². The summed E-state index contributed by atoms with van der Waals surface area (Å²) < 4.78 is 12.4. The molecule has 11 heavy (non-hydrogen) atoms. The van der Waals surface area contributed by atoms with Crippen LogP contribution in [0.15, 0.2) is 12.1 Å². The number of aliphatic hydroxyl groups is 1. The quantitative estimate of drug-likeness (QED) is 0.407. The molecule has 3 heteroatoms. The average molecular weight is 178 g/mol. The van der Waals surface area contributed by atoms with Gasteiger partial charge in [0.15, 0.2) is 0 Å². The first-order valence-electron chi connectivity index (χ1n) is 3.01. The Morgan fingerprint density at radius 2 is 2.27 bits per heavy atom. The Balaban J connectivity index is 0.000001000. The van der Waals surface area contributed by atoms with E-state index in [1.807, 2.05) is 0 Å². The molecule has 0 unspecified atom stereocenters. The van der Waals surface area contributed by atoms with E-state index in [0.29, 0.717) is 5.56 Å². The summed E-state index contributed by atoms with van der Waals surface area (Å²) >= 11 is 0. The van der Waals surface area contributed by atoms with Crippen LogP contribution in [0.3, 0.4) is 0 Å².